The van der Waals surface area contributed by atoms with Crippen molar-refractivity contribution in [2.24, 2.45) is 0 Å². The molecule has 5 nitrogen and oxygen atoms in total. The predicted molar refractivity (Wildman–Crippen MR) is 72.0 cm³/mol. The Morgan fingerprint density at radius 2 is 1.95 bits per heavy atom. The third-order valence-electron chi connectivity index (χ3n) is 2.57. The van der Waals surface area contributed by atoms with Crippen LogP contribution < -0.4 is 4.74 Å². The van der Waals surface area contributed by atoms with Crippen molar-refractivity contribution in [2.45, 2.75) is 6.42 Å². The fourth-order valence-corrected chi connectivity index (χ4v) is 2.35. The van der Waals surface area contributed by atoms with Crippen molar-refractivity contribution in [3.63, 3.8) is 0 Å². The summed E-state index contributed by atoms with van der Waals surface area (Å²) in [4.78, 5) is 22.4. The summed E-state index contributed by atoms with van der Waals surface area (Å²) in [5.74, 6) is 0.603. The molecule has 0 radical (unpaired) electrons. The Kier molecular flexibility index (Phi) is 3.91. The Balaban J connectivity index is 2.08. The number of ether oxygens (including phenoxy) is 1. The number of ketones is 1. The molecule has 98 valence electrons. The van der Waals surface area contributed by atoms with Gasteiger partial charge in [-0.15, -0.1) is 0 Å². The molecule has 1 aromatic heterocycles. The van der Waals surface area contributed by atoms with Gasteiger partial charge >= 0.3 is 5.00 Å². The number of rotatable bonds is 5. The van der Waals surface area contributed by atoms with Crippen molar-refractivity contribution >= 4 is 22.1 Å². The average Bonchev–Trinajstić information content (AvgIpc) is 2.89. The van der Waals surface area contributed by atoms with Gasteiger partial charge in [-0.05, 0) is 23.8 Å². The van der Waals surface area contributed by atoms with Gasteiger partial charge in [-0.3, -0.25) is 14.9 Å². The molecule has 0 aliphatic rings. The molecule has 0 bridgehead atoms. The van der Waals surface area contributed by atoms with E-state index in [1.165, 1.54) is 12.1 Å². The van der Waals surface area contributed by atoms with Gasteiger partial charge in [0.25, 0.3) is 0 Å². The third-order valence-corrected chi connectivity index (χ3v) is 3.65. The largest absolute Gasteiger partial charge is 0.497 e. The van der Waals surface area contributed by atoms with Crippen LogP contribution in [-0.4, -0.2) is 17.8 Å². The molecular formula is C13H11NO4S. The molecule has 2 aromatic rings. The van der Waals surface area contributed by atoms with Gasteiger partial charge in [0, 0.05) is 12.5 Å². The number of carbonyl (C=O) groups excluding carboxylic acids is 1. The maximum Gasteiger partial charge on any atom is 0.324 e. The average molecular weight is 277 g/mol. The maximum absolute atomic E-state index is 12.0. The van der Waals surface area contributed by atoms with E-state index in [4.69, 9.17) is 4.74 Å². The van der Waals surface area contributed by atoms with Crippen LogP contribution in [0.3, 0.4) is 0 Å². The molecule has 0 amide bonds. The van der Waals surface area contributed by atoms with Crippen LogP contribution in [0.1, 0.15) is 15.2 Å². The normalized spacial score (nSPS) is 10.2. The van der Waals surface area contributed by atoms with Gasteiger partial charge in [0.1, 0.15) is 5.75 Å². The summed E-state index contributed by atoms with van der Waals surface area (Å²) in [7, 11) is 1.57. The van der Waals surface area contributed by atoms with Crippen LogP contribution >= 0.6 is 11.3 Å². The smallest absolute Gasteiger partial charge is 0.324 e. The van der Waals surface area contributed by atoms with E-state index in [0.29, 0.717) is 4.88 Å². The molecule has 0 atom stereocenters. The van der Waals surface area contributed by atoms with Crippen LogP contribution in [-0.2, 0) is 6.42 Å². The highest BCUT2D eigenvalue weighted by Gasteiger charge is 2.15. The van der Waals surface area contributed by atoms with E-state index in [2.05, 4.69) is 0 Å². The molecule has 0 N–H and O–H groups in total. The Hall–Kier alpha value is -2.21. The van der Waals surface area contributed by atoms with E-state index in [-0.39, 0.29) is 17.2 Å². The van der Waals surface area contributed by atoms with Crippen molar-refractivity contribution in [3.05, 3.63) is 57.0 Å². The fourth-order valence-electron chi connectivity index (χ4n) is 1.59. The topological polar surface area (TPSA) is 69.4 Å². The van der Waals surface area contributed by atoms with E-state index in [0.717, 1.165) is 22.6 Å². The molecule has 0 fully saturated rings. The summed E-state index contributed by atoms with van der Waals surface area (Å²) in [6, 6.07) is 10.0. The lowest BCUT2D eigenvalue weighted by Gasteiger charge is -2.01. The number of thiophene rings is 1. The van der Waals surface area contributed by atoms with Gasteiger partial charge < -0.3 is 4.74 Å². The van der Waals surface area contributed by atoms with Crippen molar-refractivity contribution in [3.8, 4) is 5.75 Å². The summed E-state index contributed by atoms with van der Waals surface area (Å²) in [5, 5.41) is 10.5. The lowest BCUT2D eigenvalue weighted by atomic mass is 10.1. The maximum atomic E-state index is 12.0. The van der Waals surface area contributed by atoms with Crippen LogP contribution in [0.2, 0.25) is 0 Å². The van der Waals surface area contributed by atoms with Crippen LogP contribution in [0.25, 0.3) is 0 Å². The SMILES string of the molecule is COc1ccc(CC(=O)c2ccc([N+](=O)[O-])s2)cc1. The Labute approximate surface area is 113 Å². The number of hydrogen-bond acceptors (Lipinski definition) is 5. The lowest BCUT2D eigenvalue weighted by molar-refractivity contribution is -0.380. The minimum Gasteiger partial charge on any atom is -0.497 e. The number of hydrogen-bond donors (Lipinski definition) is 0. The Morgan fingerprint density at radius 3 is 2.47 bits per heavy atom. The molecule has 0 saturated heterocycles. The van der Waals surface area contributed by atoms with Gasteiger partial charge in [-0.25, -0.2) is 0 Å². The summed E-state index contributed by atoms with van der Waals surface area (Å²) in [6.45, 7) is 0. The summed E-state index contributed by atoms with van der Waals surface area (Å²) in [5.41, 5.74) is 0.849. The van der Waals surface area contributed by atoms with E-state index in [1.807, 2.05) is 0 Å². The number of carbonyl (C=O) groups is 1. The van der Waals surface area contributed by atoms with Gasteiger partial charge in [-0.2, -0.15) is 0 Å². The van der Waals surface area contributed by atoms with E-state index in [9.17, 15) is 14.9 Å². The molecule has 19 heavy (non-hydrogen) atoms. The monoisotopic (exact) mass is 277 g/mol. The zero-order chi connectivity index (χ0) is 13.8. The van der Waals surface area contributed by atoms with Crippen LogP contribution in [0, 0.1) is 10.1 Å². The number of benzene rings is 1. The van der Waals surface area contributed by atoms with Crippen molar-refractivity contribution in [1.82, 2.24) is 0 Å². The lowest BCUT2D eigenvalue weighted by Crippen LogP contribution is -2.00. The summed E-state index contributed by atoms with van der Waals surface area (Å²) < 4.78 is 5.03. The highest BCUT2D eigenvalue weighted by atomic mass is 32.1. The minimum absolute atomic E-state index is 0.0157. The first-order valence-electron chi connectivity index (χ1n) is 5.50. The Morgan fingerprint density at radius 1 is 1.26 bits per heavy atom. The van der Waals surface area contributed by atoms with Crippen LogP contribution in [0.5, 0.6) is 5.75 Å². The van der Waals surface area contributed by atoms with Crippen molar-refractivity contribution < 1.29 is 14.5 Å². The van der Waals surface area contributed by atoms with Crippen LogP contribution in [0.4, 0.5) is 5.00 Å². The number of nitro groups is 1. The van der Waals surface area contributed by atoms with Gasteiger partial charge in [0.2, 0.25) is 0 Å². The fraction of sp³-hybridized carbons (Fsp3) is 0.154. The molecule has 1 heterocycles. The first-order valence-corrected chi connectivity index (χ1v) is 6.32. The van der Waals surface area contributed by atoms with Crippen molar-refractivity contribution in [2.75, 3.05) is 7.11 Å². The molecular weight excluding hydrogens is 266 g/mol. The molecule has 1 aromatic carbocycles. The van der Waals surface area contributed by atoms with E-state index in [1.54, 1.807) is 31.4 Å². The molecule has 0 spiro atoms. The van der Waals surface area contributed by atoms with E-state index >= 15 is 0 Å². The molecule has 2 rings (SSSR count). The molecule has 0 unspecified atom stereocenters. The highest BCUT2D eigenvalue weighted by Crippen LogP contribution is 2.25. The van der Waals surface area contributed by atoms with Crippen molar-refractivity contribution in [1.29, 1.82) is 0 Å². The van der Waals surface area contributed by atoms with E-state index < -0.39 is 4.92 Å². The standard InChI is InChI=1S/C13H11NO4S/c1-18-10-4-2-9(3-5-10)8-11(15)12-6-7-13(19-12)14(16)17/h2-7H,8H2,1H3. The third kappa shape index (κ3) is 3.17. The quantitative estimate of drug-likeness (QED) is 0.478. The predicted octanol–water partition coefficient (Wildman–Crippen LogP) is 3.09. The first-order chi connectivity index (χ1) is 9.10. The molecule has 0 saturated carbocycles. The second kappa shape index (κ2) is 5.62. The molecule has 0 aliphatic heterocycles. The number of methoxy groups -OCH3 is 1. The van der Waals surface area contributed by atoms with Crippen LogP contribution in [0.15, 0.2) is 36.4 Å². The number of Topliss-reactive ketones (excluding diaryl/α,β-unsaturated/α-hetero) is 1. The summed E-state index contributed by atoms with van der Waals surface area (Å²) in [6.07, 6.45) is 0.224. The molecule has 0 aliphatic carbocycles. The Bertz CT molecular complexity index is 603. The minimum atomic E-state index is -0.491. The summed E-state index contributed by atoms with van der Waals surface area (Å²) >= 11 is 0.903. The first kappa shape index (κ1) is 13.2. The highest BCUT2D eigenvalue weighted by molar-refractivity contribution is 7.17. The zero-order valence-corrected chi connectivity index (χ0v) is 11.0. The second-order valence-corrected chi connectivity index (χ2v) is 4.91. The zero-order valence-electron chi connectivity index (χ0n) is 10.2. The molecule has 6 heteroatoms. The second-order valence-electron chi connectivity index (χ2n) is 3.84. The van der Waals surface area contributed by atoms with Gasteiger partial charge in [0.15, 0.2) is 5.78 Å². The van der Waals surface area contributed by atoms with Gasteiger partial charge in [0.05, 0.1) is 16.9 Å². The number of nitrogens with zero attached hydrogens (tertiary/aromatic N) is 1. The van der Waals surface area contributed by atoms with Gasteiger partial charge in [-0.1, -0.05) is 23.5 Å².